The van der Waals surface area contributed by atoms with Gasteiger partial charge in [0.25, 0.3) is 0 Å². The summed E-state index contributed by atoms with van der Waals surface area (Å²) in [5.41, 5.74) is 1.47. The molecule has 0 aromatic heterocycles. The monoisotopic (exact) mass is 563 g/mol. The number of rotatable bonds is 9. The summed E-state index contributed by atoms with van der Waals surface area (Å²) in [6.45, 7) is 3.18. The van der Waals surface area contributed by atoms with Gasteiger partial charge in [0.1, 0.15) is 0 Å². The molecule has 0 saturated carbocycles. The van der Waals surface area contributed by atoms with Gasteiger partial charge in [-0.3, -0.25) is 9.59 Å². The van der Waals surface area contributed by atoms with E-state index in [2.05, 4.69) is 78.9 Å². The summed E-state index contributed by atoms with van der Waals surface area (Å²) in [6.07, 6.45) is 0. The summed E-state index contributed by atoms with van der Waals surface area (Å²) >= 11 is 3.39. The van der Waals surface area contributed by atoms with Crippen molar-refractivity contribution in [3.8, 4) is 0 Å². The van der Waals surface area contributed by atoms with Gasteiger partial charge in [-0.1, -0.05) is 66.0 Å². The molecular formula is C34H27O2S3+. The van der Waals surface area contributed by atoms with E-state index >= 15 is 0 Å². The zero-order chi connectivity index (χ0) is 27.2. The maximum Gasteiger partial charge on any atom is 0.166 e. The predicted molar refractivity (Wildman–Crippen MR) is 163 cm³/mol. The van der Waals surface area contributed by atoms with Gasteiger partial charge >= 0.3 is 0 Å². The number of carbonyl (C=O) groups excluding carboxylic acids is 2. The van der Waals surface area contributed by atoms with Gasteiger partial charge < -0.3 is 0 Å². The fraction of sp³-hybridized carbons (Fsp3) is 0.0588. The Balaban J connectivity index is 1.36. The van der Waals surface area contributed by atoms with Crippen LogP contribution in [0.15, 0.2) is 162 Å². The van der Waals surface area contributed by atoms with Crippen molar-refractivity contribution in [2.75, 3.05) is 0 Å². The van der Waals surface area contributed by atoms with Crippen molar-refractivity contribution in [2.24, 2.45) is 0 Å². The summed E-state index contributed by atoms with van der Waals surface area (Å²) in [5, 5.41) is 0. The molecule has 0 amide bonds. The van der Waals surface area contributed by atoms with Crippen LogP contribution in [0.3, 0.4) is 0 Å². The Morgan fingerprint density at radius 3 is 1.08 bits per heavy atom. The zero-order valence-electron chi connectivity index (χ0n) is 21.7. The summed E-state index contributed by atoms with van der Waals surface area (Å²) in [5.74, 6) is 0.164. The number of carbonyl (C=O) groups is 2. The van der Waals surface area contributed by atoms with E-state index in [1.165, 1.54) is 14.7 Å². The molecular weight excluding hydrogens is 537 g/mol. The minimum Gasteiger partial charge on any atom is -0.295 e. The molecule has 0 fully saturated rings. The number of ketones is 2. The average molecular weight is 564 g/mol. The fourth-order valence-corrected chi connectivity index (χ4v) is 7.74. The first kappa shape index (κ1) is 27.1. The highest BCUT2D eigenvalue weighted by Crippen LogP contribution is 2.36. The highest BCUT2D eigenvalue weighted by atomic mass is 32.2. The quantitative estimate of drug-likeness (QED) is 0.132. The lowest BCUT2D eigenvalue weighted by atomic mass is 10.2. The van der Waals surface area contributed by atoms with Crippen molar-refractivity contribution < 1.29 is 9.59 Å². The maximum atomic E-state index is 11.6. The van der Waals surface area contributed by atoms with Crippen molar-refractivity contribution >= 4 is 46.0 Å². The van der Waals surface area contributed by atoms with E-state index in [-0.39, 0.29) is 22.5 Å². The van der Waals surface area contributed by atoms with Gasteiger partial charge in [0, 0.05) is 30.7 Å². The van der Waals surface area contributed by atoms with Gasteiger partial charge in [0.15, 0.2) is 26.3 Å². The summed E-state index contributed by atoms with van der Waals surface area (Å²) in [6, 6.07) is 43.8. The first-order valence-electron chi connectivity index (χ1n) is 12.5. The molecule has 0 heterocycles. The first-order valence-corrected chi connectivity index (χ1v) is 15.4. The third kappa shape index (κ3) is 6.93. The van der Waals surface area contributed by atoms with Gasteiger partial charge in [0.2, 0.25) is 0 Å². The first-order chi connectivity index (χ1) is 19.0. The smallest absolute Gasteiger partial charge is 0.166 e. The summed E-state index contributed by atoms with van der Waals surface area (Å²) in [4.78, 5) is 31.5. The normalized spacial score (nSPS) is 10.9. The van der Waals surface area contributed by atoms with Crippen molar-refractivity contribution in [1.82, 2.24) is 0 Å². The van der Waals surface area contributed by atoms with E-state index in [0.717, 1.165) is 30.7 Å². The molecule has 0 radical (unpaired) electrons. The Morgan fingerprint density at radius 2 is 0.744 bits per heavy atom. The molecule has 0 atom stereocenters. The van der Waals surface area contributed by atoms with Crippen LogP contribution < -0.4 is 0 Å². The third-order valence-corrected chi connectivity index (χ3v) is 10.4. The van der Waals surface area contributed by atoms with Crippen LogP contribution in [-0.2, 0) is 10.9 Å². The van der Waals surface area contributed by atoms with Crippen LogP contribution in [0.25, 0.3) is 0 Å². The van der Waals surface area contributed by atoms with Crippen LogP contribution in [0.2, 0.25) is 0 Å². The highest BCUT2D eigenvalue weighted by Gasteiger charge is 2.28. The number of benzene rings is 5. The average Bonchev–Trinajstić information content (AvgIpc) is 2.96. The molecule has 0 N–H and O–H groups in total. The maximum absolute atomic E-state index is 11.6. The predicted octanol–water partition coefficient (Wildman–Crippen LogP) is 9.49. The van der Waals surface area contributed by atoms with Gasteiger partial charge in [0.05, 0.1) is 10.9 Å². The Morgan fingerprint density at radius 1 is 0.436 bits per heavy atom. The van der Waals surface area contributed by atoms with Crippen LogP contribution in [0.1, 0.15) is 34.6 Å². The van der Waals surface area contributed by atoms with E-state index < -0.39 is 0 Å². The topological polar surface area (TPSA) is 34.1 Å². The fourth-order valence-electron chi connectivity index (χ4n) is 4.04. The van der Waals surface area contributed by atoms with E-state index in [1.54, 1.807) is 37.4 Å². The molecule has 5 aromatic carbocycles. The molecule has 0 saturated heterocycles. The second kappa shape index (κ2) is 12.6. The van der Waals surface area contributed by atoms with Crippen molar-refractivity contribution in [1.29, 1.82) is 0 Å². The minimum atomic E-state index is -0.234. The molecule has 39 heavy (non-hydrogen) atoms. The molecule has 0 unspecified atom stereocenters. The molecule has 0 spiro atoms. The molecule has 5 aromatic rings. The number of Topliss-reactive ketones (excluding diaryl/α,β-unsaturated/α-hetero) is 2. The number of hydrogen-bond donors (Lipinski definition) is 0. The lowest BCUT2D eigenvalue weighted by Gasteiger charge is -2.10. The SMILES string of the molecule is CC(=O)c1ccc(Sc2ccc([S+](c3ccccc3)c3ccc(Sc4ccc(C(C)=O)cc4)cc3)cc2)cc1. The molecule has 0 aliphatic rings. The minimum absolute atomic E-state index is 0.0822. The lowest BCUT2D eigenvalue weighted by Crippen LogP contribution is -2.04. The van der Waals surface area contributed by atoms with Crippen LogP contribution in [0, 0.1) is 0 Å². The lowest BCUT2D eigenvalue weighted by molar-refractivity contribution is 0.100. The Hall–Kier alpha value is -3.51. The van der Waals surface area contributed by atoms with Crippen molar-refractivity contribution in [2.45, 2.75) is 48.1 Å². The van der Waals surface area contributed by atoms with E-state index in [9.17, 15) is 9.59 Å². The summed E-state index contributed by atoms with van der Waals surface area (Å²) < 4.78 is 0. The standard InChI is InChI=1S/C34H27O2S3/c1-24(35)26-8-12-28(13-9-26)37-30-16-20-33(21-17-30)39(32-6-4-3-5-7-32)34-22-18-31(19-23-34)38-29-14-10-27(11-15-29)25(2)36/h3-23H,1-2H3/q+1. The number of hydrogen-bond acceptors (Lipinski definition) is 4. The van der Waals surface area contributed by atoms with E-state index in [1.807, 2.05) is 48.5 Å². The molecule has 0 aliphatic carbocycles. The van der Waals surface area contributed by atoms with Gasteiger partial charge in [-0.05, 0) is 98.8 Å². The van der Waals surface area contributed by atoms with E-state index in [0.29, 0.717) is 0 Å². The van der Waals surface area contributed by atoms with Gasteiger partial charge in [-0.15, -0.1) is 0 Å². The second-order valence-corrected chi connectivity index (χ2v) is 13.2. The molecule has 5 heteroatoms. The Labute approximate surface area is 241 Å². The largest absolute Gasteiger partial charge is 0.295 e. The third-order valence-electron chi connectivity index (χ3n) is 6.09. The van der Waals surface area contributed by atoms with Crippen molar-refractivity contribution in [3.05, 3.63) is 139 Å². The Bertz CT molecular complexity index is 1460. The zero-order valence-corrected chi connectivity index (χ0v) is 24.1. The van der Waals surface area contributed by atoms with Gasteiger partial charge in [-0.2, -0.15) is 0 Å². The highest BCUT2D eigenvalue weighted by molar-refractivity contribution is 7.99. The van der Waals surface area contributed by atoms with Crippen LogP contribution in [-0.4, -0.2) is 11.6 Å². The van der Waals surface area contributed by atoms with E-state index in [4.69, 9.17) is 0 Å². The molecule has 5 rings (SSSR count). The molecule has 0 aliphatic heterocycles. The van der Waals surface area contributed by atoms with Crippen LogP contribution >= 0.6 is 23.5 Å². The molecule has 192 valence electrons. The second-order valence-electron chi connectivity index (χ2n) is 8.93. The van der Waals surface area contributed by atoms with Gasteiger partial charge in [-0.25, -0.2) is 0 Å². The summed E-state index contributed by atoms with van der Waals surface area (Å²) in [7, 11) is -0.234. The van der Waals surface area contributed by atoms with Crippen LogP contribution in [0.4, 0.5) is 0 Å². The molecule has 2 nitrogen and oxygen atoms in total. The molecule has 0 bridgehead atoms. The van der Waals surface area contributed by atoms with Crippen LogP contribution in [0.5, 0.6) is 0 Å². The van der Waals surface area contributed by atoms with Crippen molar-refractivity contribution in [3.63, 3.8) is 0 Å². The Kier molecular flexibility index (Phi) is 8.72.